The van der Waals surface area contributed by atoms with Crippen molar-refractivity contribution >= 4 is 17.8 Å². The van der Waals surface area contributed by atoms with Crippen LogP contribution in [0.1, 0.15) is 21.6 Å². The van der Waals surface area contributed by atoms with Crippen LogP contribution in [0.2, 0.25) is 0 Å². The van der Waals surface area contributed by atoms with Crippen molar-refractivity contribution in [1.29, 1.82) is 0 Å². The van der Waals surface area contributed by atoms with Gasteiger partial charge in [0.15, 0.2) is 6.61 Å². The summed E-state index contributed by atoms with van der Waals surface area (Å²) in [5.41, 5.74) is 1.85. The summed E-state index contributed by atoms with van der Waals surface area (Å²) in [5, 5.41) is 6.11. The fourth-order valence-corrected chi connectivity index (χ4v) is 2.30. The zero-order valence-corrected chi connectivity index (χ0v) is 14.7. The number of benzene rings is 2. The highest BCUT2D eigenvalue weighted by molar-refractivity contribution is 5.96. The van der Waals surface area contributed by atoms with Crippen LogP contribution >= 0.6 is 0 Å². The molecule has 0 saturated carbocycles. The lowest BCUT2D eigenvalue weighted by atomic mass is 10.2. The van der Waals surface area contributed by atoms with Crippen LogP contribution in [0.15, 0.2) is 65.2 Å². The van der Waals surface area contributed by atoms with E-state index in [1.165, 1.54) is 0 Å². The molecule has 0 radical (unpaired) electrons. The summed E-state index contributed by atoms with van der Waals surface area (Å²) in [7, 11) is 0. The average molecular weight is 366 g/mol. The van der Waals surface area contributed by atoms with Gasteiger partial charge < -0.3 is 14.0 Å². The minimum Gasteiger partial charge on any atom is -0.488 e. The van der Waals surface area contributed by atoms with Gasteiger partial charge in [-0.05, 0) is 24.6 Å². The molecule has 2 aromatic carbocycles. The number of rotatable bonds is 7. The molecule has 1 amide bonds. The van der Waals surface area contributed by atoms with Gasteiger partial charge in [-0.1, -0.05) is 47.6 Å². The van der Waals surface area contributed by atoms with Crippen molar-refractivity contribution in [1.82, 2.24) is 5.16 Å². The first kappa shape index (κ1) is 18.2. The van der Waals surface area contributed by atoms with Gasteiger partial charge in [-0.3, -0.25) is 10.1 Å². The molecule has 1 heterocycles. The number of hydrogen-bond donors (Lipinski definition) is 1. The van der Waals surface area contributed by atoms with E-state index >= 15 is 0 Å². The van der Waals surface area contributed by atoms with Crippen molar-refractivity contribution in [2.75, 3.05) is 11.9 Å². The molecule has 1 aromatic heterocycles. The summed E-state index contributed by atoms with van der Waals surface area (Å²) in [6, 6.07) is 17.9. The Kier molecular flexibility index (Phi) is 5.84. The average Bonchev–Trinajstić information content (AvgIpc) is 3.10. The molecule has 0 saturated heterocycles. The van der Waals surface area contributed by atoms with Gasteiger partial charge in [-0.15, -0.1) is 0 Å². The number of amides is 1. The van der Waals surface area contributed by atoms with Crippen LogP contribution in [0.4, 0.5) is 5.88 Å². The molecule has 0 aliphatic rings. The number of ether oxygens (including phenoxy) is 2. The zero-order valence-electron chi connectivity index (χ0n) is 14.7. The molecule has 0 unspecified atom stereocenters. The maximum atomic E-state index is 12.3. The second kappa shape index (κ2) is 8.66. The van der Waals surface area contributed by atoms with Crippen molar-refractivity contribution in [2.45, 2.75) is 13.5 Å². The summed E-state index contributed by atoms with van der Waals surface area (Å²) in [4.78, 5) is 24.2. The number of hydrogen-bond acceptors (Lipinski definition) is 6. The lowest BCUT2D eigenvalue weighted by molar-refractivity contribution is -0.119. The number of carbonyl (C=O) groups excluding carboxylic acids is 2. The zero-order chi connectivity index (χ0) is 19.1. The van der Waals surface area contributed by atoms with Crippen LogP contribution in [0.5, 0.6) is 5.75 Å². The monoisotopic (exact) mass is 366 g/mol. The topological polar surface area (TPSA) is 90.7 Å². The van der Waals surface area contributed by atoms with Crippen LogP contribution in [0.3, 0.4) is 0 Å². The molecule has 1 N–H and O–H groups in total. The summed E-state index contributed by atoms with van der Waals surface area (Å²) >= 11 is 0. The number of carbonyl (C=O) groups is 2. The first-order valence-corrected chi connectivity index (χ1v) is 8.28. The van der Waals surface area contributed by atoms with Crippen molar-refractivity contribution in [3.8, 4) is 5.75 Å². The lowest BCUT2D eigenvalue weighted by Gasteiger charge is -2.11. The second-order valence-corrected chi connectivity index (χ2v) is 5.73. The number of para-hydroxylation sites is 1. The van der Waals surface area contributed by atoms with E-state index < -0.39 is 18.5 Å². The summed E-state index contributed by atoms with van der Waals surface area (Å²) in [5.74, 6) is -0.595. The molecule has 3 rings (SSSR count). The van der Waals surface area contributed by atoms with E-state index in [0.717, 1.165) is 5.56 Å². The van der Waals surface area contributed by atoms with Crippen molar-refractivity contribution in [3.63, 3.8) is 0 Å². The van der Waals surface area contributed by atoms with Gasteiger partial charge in [-0.25, -0.2) is 4.79 Å². The molecule has 0 aliphatic carbocycles. The van der Waals surface area contributed by atoms with Crippen LogP contribution < -0.4 is 10.1 Å². The van der Waals surface area contributed by atoms with E-state index in [1.54, 1.807) is 37.3 Å². The highest BCUT2D eigenvalue weighted by atomic mass is 16.5. The predicted molar refractivity (Wildman–Crippen MR) is 97.4 cm³/mol. The lowest BCUT2D eigenvalue weighted by Crippen LogP contribution is -2.21. The summed E-state index contributed by atoms with van der Waals surface area (Å²) < 4.78 is 15.7. The van der Waals surface area contributed by atoms with E-state index in [1.807, 2.05) is 30.3 Å². The molecular formula is C20H18N2O5. The third-order valence-electron chi connectivity index (χ3n) is 3.57. The Balaban J connectivity index is 1.57. The number of nitrogens with one attached hydrogen (secondary N) is 1. The Morgan fingerprint density at radius 2 is 1.81 bits per heavy atom. The van der Waals surface area contributed by atoms with E-state index in [0.29, 0.717) is 18.1 Å². The van der Waals surface area contributed by atoms with Gasteiger partial charge in [0.05, 0.1) is 5.69 Å². The van der Waals surface area contributed by atoms with Crippen LogP contribution in [-0.2, 0) is 16.1 Å². The summed E-state index contributed by atoms with van der Waals surface area (Å²) in [6.07, 6.45) is 0. The Bertz CT molecular complexity index is 921. The van der Waals surface area contributed by atoms with Gasteiger partial charge in [0.25, 0.3) is 5.91 Å². The predicted octanol–water partition coefficient (Wildman–Crippen LogP) is 3.36. The minimum absolute atomic E-state index is 0.195. The molecule has 3 aromatic rings. The first-order valence-electron chi connectivity index (χ1n) is 8.28. The molecule has 0 atom stereocenters. The Morgan fingerprint density at radius 3 is 2.56 bits per heavy atom. The number of aryl methyl sites for hydroxylation is 1. The Morgan fingerprint density at radius 1 is 1.07 bits per heavy atom. The molecule has 0 fully saturated rings. The maximum Gasteiger partial charge on any atom is 0.342 e. The largest absolute Gasteiger partial charge is 0.488 e. The molecule has 7 heteroatoms. The quantitative estimate of drug-likeness (QED) is 0.645. The normalized spacial score (nSPS) is 10.3. The number of aromatic nitrogens is 1. The van der Waals surface area contributed by atoms with Crippen LogP contribution in [-0.4, -0.2) is 23.6 Å². The van der Waals surface area contributed by atoms with E-state index in [4.69, 9.17) is 14.0 Å². The van der Waals surface area contributed by atoms with Gasteiger partial charge >= 0.3 is 5.97 Å². The Labute approximate surface area is 155 Å². The number of anilines is 1. The van der Waals surface area contributed by atoms with Gasteiger partial charge in [-0.2, -0.15) is 0 Å². The minimum atomic E-state index is -0.650. The van der Waals surface area contributed by atoms with E-state index in [2.05, 4.69) is 10.5 Å². The SMILES string of the molecule is Cc1cc(NC(=O)COC(=O)c2ccccc2OCc2ccccc2)on1. The maximum absolute atomic E-state index is 12.3. The second-order valence-electron chi connectivity index (χ2n) is 5.73. The molecule has 0 bridgehead atoms. The van der Waals surface area contributed by atoms with Crippen molar-refractivity contribution in [3.05, 3.63) is 77.5 Å². The van der Waals surface area contributed by atoms with Crippen molar-refractivity contribution < 1.29 is 23.6 Å². The Hall–Kier alpha value is -3.61. The third-order valence-corrected chi connectivity index (χ3v) is 3.57. The first-order chi connectivity index (χ1) is 13.1. The molecule has 27 heavy (non-hydrogen) atoms. The fraction of sp³-hybridized carbons (Fsp3) is 0.150. The number of esters is 1. The van der Waals surface area contributed by atoms with Crippen molar-refractivity contribution in [2.24, 2.45) is 0 Å². The molecule has 0 aliphatic heterocycles. The van der Waals surface area contributed by atoms with E-state index in [9.17, 15) is 9.59 Å². The molecule has 7 nitrogen and oxygen atoms in total. The smallest absolute Gasteiger partial charge is 0.342 e. The van der Waals surface area contributed by atoms with E-state index in [-0.39, 0.29) is 11.4 Å². The van der Waals surface area contributed by atoms with Gasteiger partial charge in [0.2, 0.25) is 5.88 Å². The number of nitrogens with zero attached hydrogens (tertiary/aromatic N) is 1. The van der Waals surface area contributed by atoms with Crippen LogP contribution in [0.25, 0.3) is 0 Å². The third kappa shape index (κ3) is 5.18. The molecule has 0 spiro atoms. The molecular weight excluding hydrogens is 348 g/mol. The highest BCUT2D eigenvalue weighted by Crippen LogP contribution is 2.20. The molecule has 138 valence electrons. The highest BCUT2D eigenvalue weighted by Gasteiger charge is 2.16. The fourth-order valence-electron chi connectivity index (χ4n) is 2.30. The van der Waals surface area contributed by atoms with Gasteiger partial charge in [0, 0.05) is 6.07 Å². The standard InChI is InChI=1S/C20H18N2O5/c1-14-11-19(27-22-14)21-18(23)13-26-20(24)16-9-5-6-10-17(16)25-12-15-7-3-2-4-8-15/h2-11H,12-13H2,1H3,(H,21,23). The van der Waals surface area contributed by atoms with Gasteiger partial charge in [0.1, 0.15) is 17.9 Å². The van der Waals surface area contributed by atoms with Crippen LogP contribution in [0, 0.1) is 6.92 Å². The summed E-state index contributed by atoms with van der Waals surface area (Å²) in [6.45, 7) is 1.59.